The van der Waals surface area contributed by atoms with Gasteiger partial charge in [0.05, 0.1) is 5.69 Å². The van der Waals surface area contributed by atoms with Crippen LogP contribution in [0.25, 0.3) is 22.4 Å². The molecule has 1 fully saturated rings. The lowest BCUT2D eigenvalue weighted by Gasteiger charge is -2.40. The predicted molar refractivity (Wildman–Crippen MR) is 121 cm³/mol. The van der Waals surface area contributed by atoms with E-state index in [1.165, 1.54) is 11.0 Å². The number of carbonyl (C=O) groups is 2. The fourth-order valence-electron chi connectivity index (χ4n) is 4.02. The molecule has 4 rings (SSSR count). The molecule has 0 bridgehead atoms. The zero-order valence-electron chi connectivity index (χ0n) is 19.3. The maximum atomic E-state index is 13.8. The number of halogens is 1. The molecule has 0 radical (unpaired) electrons. The largest absolute Gasteiger partial charge is 0.449 e. The minimum atomic E-state index is -0.981. The van der Waals surface area contributed by atoms with Crippen LogP contribution in [0, 0.1) is 12.7 Å². The number of piperazine rings is 1. The fourth-order valence-corrected chi connectivity index (χ4v) is 4.02. The number of fused-ring (bicyclic) bond motifs is 1. The highest BCUT2D eigenvalue weighted by Crippen LogP contribution is 2.35. The van der Waals surface area contributed by atoms with Crippen LogP contribution in [0.2, 0.25) is 0 Å². The Hall–Kier alpha value is -3.22. The maximum absolute atomic E-state index is 13.8. The number of furan rings is 1. The van der Waals surface area contributed by atoms with E-state index in [0.29, 0.717) is 35.4 Å². The summed E-state index contributed by atoms with van der Waals surface area (Å²) < 4.78 is 19.8. The summed E-state index contributed by atoms with van der Waals surface area (Å²) in [5, 5.41) is 2.80. The Morgan fingerprint density at radius 2 is 1.94 bits per heavy atom. The van der Waals surface area contributed by atoms with Crippen molar-refractivity contribution in [3.05, 3.63) is 53.0 Å². The summed E-state index contributed by atoms with van der Waals surface area (Å²) in [6.07, 6.45) is 0. The number of nitrogens with one attached hydrogen (secondary N) is 1. The molecule has 168 valence electrons. The number of aryl methyl sites for hydroxylation is 1. The highest BCUT2D eigenvalue weighted by molar-refractivity contribution is 6.00. The molecule has 2 amide bonds. The van der Waals surface area contributed by atoms with Crippen molar-refractivity contribution in [2.45, 2.75) is 52.5 Å². The summed E-state index contributed by atoms with van der Waals surface area (Å²) in [7, 11) is 0. The summed E-state index contributed by atoms with van der Waals surface area (Å²) >= 11 is 0. The van der Waals surface area contributed by atoms with Crippen LogP contribution >= 0.6 is 0 Å². The van der Waals surface area contributed by atoms with Crippen LogP contribution in [0.4, 0.5) is 4.39 Å². The number of aromatic nitrogens is 1. The van der Waals surface area contributed by atoms with E-state index in [2.05, 4.69) is 26.1 Å². The molecule has 0 aliphatic carbocycles. The minimum absolute atomic E-state index is 0.146. The average molecular weight is 438 g/mol. The van der Waals surface area contributed by atoms with E-state index < -0.39 is 5.54 Å². The Labute approximate surface area is 186 Å². The topological polar surface area (TPSA) is 75.4 Å². The zero-order valence-corrected chi connectivity index (χ0v) is 19.3. The Bertz CT molecular complexity index is 1240. The van der Waals surface area contributed by atoms with Gasteiger partial charge in [-0.05, 0) is 56.0 Å². The molecule has 0 unspecified atom stereocenters. The van der Waals surface area contributed by atoms with Crippen molar-refractivity contribution in [2.75, 3.05) is 13.1 Å². The average Bonchev–Trinajstić information content (AvgIpc) is 3.14. The Morgan fingerprint density at radius 3 is 2.59 bits per heavy atom. The summed E-state index contributed by atoms with van der Waals surface area (Å²) in [6, 6.07) is 8.46. The Balaban J connectivity index is 1.85. The highest BCUT2D eigenvalue weighted by atomic mass is 19.1. The number of pyridine rings is 1. The van der Waals surface area contributed by atoms with Gasteiger partial charge in [0.15, 0.2) is 11.3 Å². The van der Waals surface area contributed by atoms with Crippen LogP contribution in [0.5, 0.6) is 0 Å². The van der Waals surface area contributed by atoms with E-state index in [1.54, 1.807) is 39.0 Å². The second kappa shape index (κ2) is 7.43. The molecular weight excluding hydrogens is 409 g/mol. The van der Waals surface area contributed by atoms with Crippen molar-refractivity contribution in [3.8, 4) is 11.3 Å². The third-order valence-corrected chi connectivity index (χ3v) is 6.05. The van der Waals surface area contributed by atoms with Gasteiger partial charge < -0.3 is 14.6 Å². The van der Waals surface area contributed by atoms with E-state index in [-0.39, 0.29) is 28.8 Å². The first-order chi connectivity index (χ1) is 14.9. The van der Waals surface area contributed by atoms with Gasteiger partial charge in [0.25, 0.3) is 5.91 Å². The smallest absolute Gasteiger partial charge is 0.290 e. The molecule has 1 N–H and O–H groups in total. The summed E-state index contributed by atoms with van der Waals surface area (Å²) in [5.74, 6) is -0.666. The van der Waals surface area contributed by atoms with Gasteiger partial charge in [-0.2, -0.15) is 0 Å². The van der Waals surface area contributed by atoms with Gasteiger partial charge in [-0.25, -0.2) is 9.37 Å². The third-order valence-electron chi connectivity index (χ3n) is 6.05. The first-order valence-corrected chi connectivity index (χ1v) is 10.7. The van der Waals surface area contributed by atoms with E-state index in [0.717, 1.165) is 11.1 Å². The quantitative estimate of drug-likeness (QED) is 0.636. The van der Waals surface area contributed by atoms with Gasteiger partial charge in [0.2, 0.25) is 5.91 Å². The van der Waals surface area contributed by atoms with Crippen molar-refractivity contribution in [2.24, 2.45) is 0 Å². The first kappa shape index (κ1) is 22.0. The van der Waals surface area contributed by atoms with Gasteiger partial charge in [-0.1, -0.05) is 20.8 Å². The standard InChI is InChI=1S/C25H28FN3O3/c1-14-11-15(7-8-17(14)26)18-12-16(24(2,3)4)21-19(28-18)13-20(32-21)22(30)29-10-9-27-23(31)25(29,5)6/h7-8,11-13H,9-10H2,1-6H3,(H,27,31). The maximum Gasteiger partial charge on any atom is 0.290 e. The number of amides is 2. The molecule has 3 heterocycles. The molecule has 7 heteroatoms. The molecule has 6 nitrogen and oxygen atoms in total. The molecule has 1 saturated heterocycles. The first-order valence-electron chi connectivity index (χ1n) is 10.7. The number of benzene rings is 1. The molecular formula is C25H28FN3O3. The molecule has 0 atom stereocenters. The van der Waals surface area contributed by atoms with Gasteiger partial charge in [0, 0.05) is 30.3 Å². The van der Waals surface area contributed by atoms with Gasteiger partial charge >= 0.3 is 0 Å². The monoisotopic (exact) mass is 437 g/mol. The van der Waals surface area contributed by atoms with E-state index >= 15 is 0 Å². The van der Waals surface area contributed by atoms with Crippen LogP contribution in [0.3, 0.4) is 0 Å². The molecule has 2 aromatic heterocycles. The fraction of sp³-hybridized carbons (Fsp3) is 0.400. The van der Waals surface area contributed by atoms with Crippen molar-refractivity contribution < 1.29 is 18.4 Å². The van der Waals surface area contributed by atoms with Gasteiger partial charge in [-0.3, -0.25) is 9.59 Å². The summed E-state index contributed by atoms with van der Waals surface area (Å²) in [6.45, 7) is 12.1. The number of carbonyl (C=O) groups excluding carboxylic acids is 2. The number of rotatable bonds is 2. The van der Waals surface area contributed by atoms with E-state index in [1.807, 2.05) is 6.07 Å². The van der Waals surface area contributed by atoms with E-state index in [9.17, 15) is 14.0 Å². The van der Waals surface area contributed by atoms with Crippen molar-refractivity contribution >= 4 is 22.9 Å². The normalized spacial score (nSPS) is 16.3. The van der Waals surface area contributed by atoms with Gasteiger partial charge in [0.1, 0.15) is 16.9 Å². The highest BCUT2D eigenvalue weighted by Gasteiger charge is 2.41. The zero-order chi connectivity index (χ0) is 23.4. The van der Waals surface area contributed by atoms with Crippen LogP contribution in [-0.2, 0) is 10.2 Å². The molecule has 3 aromatic rings. The molecule has 1 aliphatic heterocycles. The minimum Gasteiger partial charge on any atom is -0.449 e. The Kier molecular flexibility index (Phi) is 5.11. The van der Waals surface area contributed by atoms with Crippen molar-refractivity contribution in [1.82, 2.24) is 15.2 Å². The number of hydrogen-bond donors (Lipinski definition) is 1. The summed E-state index contributed by atoms with van der Waals surface area (Å²) in [5.41, 5.74) is 2.74. The lowest BCUT2D eigenvalue weighted by atomic mass is 9.86. The van der Waals surface area contributed by atoms with Crippen molar-refractivity contribution in [1.29, 1.82) is 0 Å². The SMILES string of the molecule is Cc1cc(-c2cc(C(C)(C)C)c3oc(C(=O)N4CCNC(=O)C4(C)C)cc3n2)ccc1F. The number of nitrogens with zero attached hydrogens (tertiary/aromatic N) is 2. The number of hydrogen-bond acceptors (Lipinski definition) is 4. The van der Waals surface area contributed by atoms with E-state index in [4.69, 9.17) is 9.40 Å². The van der Waals surface area contributed by atoms with Gasteiger partial charge in [-0.15, -0.1) is 0 Å². The molecule has 0 spiro atoms. The lowest BCUT2D eigenvalue weighted by Crippen LogP contribution is -2.63. The molecule has 0 saturated carbocycles. The Morgan fingerprint density at radius 1 is 1.22 bits per heavy atom. The third kappa shape index (κ3) is 3.66. The van der Waals surface area contributed by atoms with Crippen LogP contribution in [-0.4, -0.2) is 40.3 Å². The predicted octanol–water partition coefficient (Wildman–Crippen LogP) is 4.59. The van der Waals surface area contributed by atoms with Crippen molar-refractivity contribution in [3.63, 3.8) is 0 Å². The molecule has 32 heavy (non-hydrogen) atoms. The summed E-state index contributed by atoms with van der Waals surface area (Å²) in [4.78, 5) is 31.9. The molecule has 1 aliphatic rings. The molecule has 1 aromatic carbocycles. The van der Waals surface area contributed by atoms with Crippen LogP contribution < -0.4 is 5.32 Å². The second-order valence-corrected chi connectivity index (χ2v) is 9.87. The van der Waals surface area contributed by atoms with Crippen LogP contribution in [0.1, 0.15) is 56.3 Å². The second-order valence-electron chi connectivity index (χ2n) is 9.87. The lowest BCUT2D eigenvalue weighted by molar-refractivity contribution is -0.133. The van der Waals surface area contributed by atoms with Crippen LogP contribution in [0.15, 0.2) is 34.7 Å².